The van der Waals surface area contributed by atoms with Crippen LogP contribution in [0.25, 0.3) is 0 Å². The molecule has 0 bridgehead atoms. The summed E-state index contributed by atoms with van der Waals surface area (Å²) in [4.78, 5) is 21.2. The van der Waals surface area contributed by atoms with Gasteiger partial charge in [-0.1, -0.05) is 0 Å². The fourth-order valence-corrected chi connectivity index (χ4v) is 0.897. The molecule has 0 saturated carbocycles. The Hall–Kier alpha value is -1.30. The molecule has 5 nitrogen and oxygen atoms in total. The first-order chi connectivity index (χ1) is 7.08. The number of anilines is 2. The quantitative estimate of drug-likeness (QED) is 0.317. The van der Waals surface area contributed by atoms with E-state index < -0.39 is 11.9 Å². The molecule has 0 aliphatic rings. The molecule has 1 rings (SSSR count). The molecule has 1 aromatic rings. The van der Waals surface area contributed by atoms with Crippen LogP contribution in [0.4, 0.5) is 11.4 Å². The second-order valence-electron chi connectivity index (χ2n) is 2.78. The van der Waals surface area contributed by atoms with Gasteiger partial charge in [0.15, 0.2) is 0 Å². The molecule has 0 aliphatic heterocycles. The Morgan fingerprint density at radius 3 is 2.31 bits per heavy atom. The van der Waals surface area contributed by atoms with Gasteiger partial charge in [-0.15, -0.1) is 0 Å². The summed E-state index contributed by atoms with van der Waals surface area (Å²) >= 11 is 0. The van der Waals surface area contributed by atoms with Crippen LogP contribution in [0, 0.1) is 0 Å². The van der Waals surface area contributed by atoms with E-state index >= 15 is 0 Å². The summed E-state index contributed by atoms with van der Waals surface area (Å²) in [5, 5.41) is 10.8. The van der Waals surface area contributed by atoms with Gasteiger partial charge in [-0.25, -0.2) is 4.79 Å². The SMILES string of the molecule is Nc1ccc(NC(=O)/C=C\C(=O)O)cc1.[H-].[Na+]. The van der Waals surface area contributed by atoms with Crippen molar-refractivity contribution in [1.29, 1.82) is 0 Å². The van der Waals surface area contributed by atoms with Gasteiger partial charge in [0.25, 0.3) is 0 Å². The van der Waals surface area contributed by atoms with Crippen molar-refractivity contribution in [3.8, 4) is 0 Å². The van der Waals surface area contributed by atoms with Crippen LogP contribution >= 0.6 is 0 Å². The van der Waals surface area contributed by atoms with E-state index in [1.54, 1.807) is 24.3 Å². The molecule has 0 fully saturated rings. The summed E-state index contributed by atoms with van der Waals surface area (Å²) in [7, 11) is 0. The van der Waals surface area contributed by atoms with Crippen molar-refractivity contribution in [3.63, 3.8) is 0 Å². The number of nitrogens with two attached hydrogens (primary N) is 1. The molecule has 0 saturated heterocycles. The number of carboxylic acids is 1. The predicted molar refractivity (Wildman–Crippen MR) is 57.4 cm³/mol. The molecular formula is C10H11N2NaO3. The maximum Gasteiger partial charge on any atom is 1.00 e. The van der Waals surface area contributed by atoms with Gasteiger partial charge >= 0.3 is 35.5 Å². The second kappa shape index (κ2) is 7.05. The molecule has 16 heavy (non-hydrogen) atoms. The number of amides is 1. The Bertz CT molecular complexity index is 407. The Balaban J connectivity index is 0. The molecule has 1 aromatic carbocycles. The van der Waals surface area contributed by atoms with E-state index in [1.165, 1.54) is 0 Å². The van der Waals surface area contributed by atoms with Crippen molar-refractivity contribution in [2.45, 2.75) is 0 Å². The maximum absolute atomic E-state index is 11.1. The standard InChI is InChI=1S/C10H10N2O3.Na.H/c11-7-1-3-8(4-2-7)12-9(13)5-6-10(14)15;;/h1-6H,11H2,(H,12,13)(H,14,15);;/q;+1;-1/b6-5-;;. The first kappa shape index (κ1) is 14.7. The Morgan fingerprint density at radius 1 is 1.25 bits per heavy atom. The number of carboxylic acid groups (broad SMARTS) is 1. The van der Waals surface area contributed by atoms with Crippen molar-refractivity contribution in [2.24, 2.45) is 0 Å². The van der Waals surface area contributed by atoms with Gasteiger partial charge < -0.3 is 17.6 Å². The number of rotatable bonds is 3. The minimum atomic E-state index is -1.16. The molecule has 0 aromatic heterocycles. The summed E-state index contributed by atoms with van der Waals surface area (Å²) in [6.07, 6.45) is 1.71. The third-order valence-corrected chi connectivity index (χ3v) is 1.56. The number of carbonyl (C=O) groups excluding carboxylic acids is 1. The fourth-order valence-electron chi connectivity index (χ4n) is 0.897. The van der Waals surface area contributed by atoms with Crippen molar-refractivity contribution < 1.29 is 45.7 Å². The van der Waals surface area contributed by atoms with Gasteiger partial charge in [-0.3, -0.25) is 4.79 Å². The zero-order valence-corrected chi connectivity index (χ0v) is 10.8. The van der Waals surface area contributed by atoms with Gasteiger partial charge in [-0.05, 0) is 24.3 Å². The van der Waals surface area contributed by atoms with Gasteiger partial charge in [-0.2, -0.15) is 0 Å². The van der Waals surface area contributed by atoms with Crippen molar-refractivity contribution in [2.75, 3.05) is 11.1 Å². The minimum absolute atomic E-state index is 0. The number of nitrogen functional groups attached to an aromatic ring is 1. The van der Waals surface area contributed by atoms with Crippen LogP contribution in [0.1, 0.15) is 1.43 Å². The number of hydrogen-bond acceptors (Lipinski definition) is 3. The zero-order chi connectivity index (χ0) is 11.3. The van der Waals surface area contributed by atoms with E-state index in [0.29, 0.717) is 11.4 Å². The summed E-state index contributed by atoms with van der Waals surface area (Å²) < 4.78 is 0. The average Bonchev–Trinajstić information content (AvgIpc) is 2.19. The Morgan fingerprint density at radius 2 is 1.81 bits per heavy atom. The van der Waals surface area contributed by atoms with Crippen LogP contribution in [0.3, 0.4) is 0 Å². The van der Waals surface area contributed by atoms with Crippen LogP contribution in [0.15, 0.2) is 36.4 Å². The second-order valence-corrected chi connectivity index (χ2v) is 2.78. The van der Waals surface area contributed by atoms with Crippen LogP contribution in [-0.2, 0) is 9.59 Å². The van der Waals surface area contributed by atoms with Crippen molar-refractivity contribution in [3.05, 3.63) is 36.4 Å². The number of hydrogen-bond donors (Lipinski definition) is 3. The predicted octanol–water partition coefficient (Wildman–Crippen LogP) is -2.04. The molecule has 6 heteroatoms. The molecule has 0 unspecified atom stereocenters. The molecule has 0 radical (unpaired) electrons. The third kappa shape index (κ3) is 5.55. The summed E-state index contributed by atoms with van der Waals surface area (Å²) in [5.74, 6) is -1.66. The minimum Gasteiger partial charge on any atom is -1.00 e. The van der Waals surface area contributed by atoms with Crippen LogP contribution in [0.2, 0.25) is 0 Å². The van der Waals surface area contributed by atoms with Crippen LogP contribution in [-0.4, -0.2) is 17.0 Å². The zero-order valence-electron chi connectivity index (χ0n) is 9.81. The largest absolute Gasteiger partial charge is 1.00 e. The van der Waals surface area contributed by atoms with Crippen LogP contribution in [0.5, 0.6) is 0 Å². The summed E-state index contributed by atoms with van der Waals surface area (Å²) in [6.45, 7) is 0. The van der Waals surface area contributed by atoms with Crippen molar-refractivity contribution >= 4 is 23.3 Å². The number of carbonyl (C=O) groups is 2. The normalized spacial score (nSPS) is 9.50. The molecule has 1 amide bonds. The van der Waals surface area contributed by atoms with Gasteiger partial charge in [0, 0.05) is 23.5 Å². The first-order valence-corrected chi connectivity index (χ1v) is 4.15. The van der Waals surface area contributed by atoms with Gasteiger partial charge in [0.05, 0.1) is 0 Å². The van der Waals surface area contributed by atoms with Crippen molar-refractivity contribution in [1.82, 2.24) is 0 Å². The molecule has 80 valence electrons. The molecule has 0 aliphatic carbocycles. The van der Waals surface area contributed by atoms with Crippen LogP contribution < -0.4 is 40.6 Å². The van der Waals surface area contributed by atoms with E-state index in [2.05, 4.69) is 5.32 Å². The molecule has 0 atom stereocenters. The van der Waals surface area contributed by atoms with E-state index in [9.17, 15) is 9.59 Å². The summed E-state index contributed by atoms with van der Waals surface area (Å²) in [6, 6.07) is 6.52. The first-order valence-electron chi connectivity index (χ1n) is 4.15. The molecule has 4 N–H and O–H groups in total. The Kier molecular flexibility index (Phi) is 6.48. The molecule has 0 heterocycles. The third-order valence-electron chi connectivity index (χ3n) is 1.56. The average molecular weight is 230 g/mol. The Labute approximate surface area is 116 Å². The topological polar surface area (TPSA) is 92.4 Å². The van der Waals surface area contributed by atoms with E-state index in [0.717, 1.165) is 12.2 Å². The van der Waals surface area contributed by atoms with E-state index in [1.807, 2.05) is 0 Å². The van der Waals surface area contributed by atoms with E-state index in [4.69, 9.17) is 10.8 Å². The van der Waals surface area contributed by atoms with E-state index in [-0.39, 0.29) is 31.0 Å². The fraction of sp³-hybridized carbons (Fsp3) is 0. The maximum atomic E-state index is 11.1. The summed E-state index contributed by atoms with van der Waals surface area (Å²) in [5.41, 5.74) is 6.60. The van der Waals surface area contributed by atoms with Gasteiger partial charge in [0.1, 0.15) is 0 Å². The molecular weight excluding hydrogens is 219 g/mol. The molecule has 0 spiro atoms. The number of nitrogens with one attached hydrogen (secondary N) is 1. The number of aliphatic carboxylic acids is 1. The smallest absolute Gasteiger partial charge is 1.00 e. The number of benzene rings is 1. The van der Waals surface area contributed by atoms with Gasteiger partial charge in [0.2, 0.25) is 5.91 Å². The monoisotopic (exact) mass is 230 g/mol.